The van der Waals surface area contributed by atoms with Gasteiger partial charge in [-0.2, -0.15) is 5.10 Å². The van der Waals surface area contributed by atoms with Gasteiger partial charge in [-0.05, 0) is 13.0 Å². The van der Waals surface area contributed by atoms with Gasteiger partial charge in [0, 0.05) is 38.6 Å². The van der Waals surface area contributed by atoms with Crippen LogP contribution in [0.4, 0.5) is 10.1 Å². The highest BCUT2D eigenvalue weighted by Gasteiger charge is 2.17. The lowest BCUT2D eigenvalue weighted by Gasteiger charge is -2.08. The van der Waals surface area contributed by atoms with Crippen molar-refractivity contribution in [2.24, 2.45) is 0 Å². The maximum absolute atomic E-state index is 14.3. The molecule has 4 aromatic rings. The molecule has 0 aliphatic rings. The molecule has 0 spiro atoms. The first-order valence-corrected chi connectivity index (χ1v) is 9.25. The van der Waals surface area contributed by atoms with Crippen LogP contribution < -0.4 is 10.8 Å². The van der Waals surface area contributed by atoms with Crippen LogP contribution >= 0.6 is 0 Å². The van der Waals surface area contributed by atoms with Gasteiger partial charge in [0.1, 0.15) is 12.8 Å². The summed E-state index contributed by atoms with van der Waals surface area (Å²) < 4.78 is 22.8. The molecule has 0 bridgehead atoms. The first kappa shape index (κ1) is 19.1. The summed E-state index contributed by atoms with van der Waals surface area (Å²) in [6.07, 6.45) is 5.25. The minimum absolute atomic E-state index is 0. The van der Waals surface area contributed by atoms with Gasteiger partial charge in [-0.25, -0.2) is 9.37 Å². The molecule has 4 rings (SSSR count). The lowest BCUT2D eigenvalue weighted by Crippen LogP contribution is -2.17. The van der Waals surface area contributed by atoms with Crippen LogP contribution in [-0.2, 0) is 11.3 Å². The van der Waals surface area contributed by atoms with E-state index in [2.05, 4.69) is 15.4 Å². The highest BCUT2D eigenvalue weighted by Crippen LogP contribution is 2.20. The zero-order valence-corrected chi connectivity index (χ0v) is 16.4. The van der Waals surface area contributed by atoms with Gasteiger partial charge in [-0.15, -0.1) is 0 Å². The van der Waals surface area contributed by atoms with E-state index >= 15 is 0 Å². The number of nitrogens with one attached hydrogen (secondary N) is 1. The third-order valence-corrected chi connectivity index (χ3v) is 4.72. The summed E-state index contributed by atoms with van der Waals surface area (Å²) in [5.41, 5.74) is 3.26. The monoisotopic (exact) mass is 394 g/mol. The number of halogens is 1. The number of carbonyl (C=O) groups is 1. The smallest absolute Gasteiger partial charge is 0.257 e. The predicted octanol–water partition coefficient (Wildman–Crippen LogP) is 2.65. The third kappa shape index (κ3) is 3.61. The summed E-state index contributed by atoms with van der Waals surface area (Å²) in [5, 5.41) is 8.21. The summed E-state index contributed by atoms with van der Waals surface area (Å²) in [6.45, 7) is 4.82. The summed E-state index contributed by atoms with van der Waals surface area (Å²) in [7, 11) is 3.60. The van der Waals surface area contributed by atoms with Crippen molar-refractivity contribution >= 4 is 40.9 Å². The SMILES string of the molecule is C[B]c1ccc(C(=O)Nc2cc(F)c3nc(C)cn3c2)c2nn(CCOC)cc12.[HH]. The number of fused-ring (bicyclic) bond motifs is 2. The summed E-state index contributed by atoms with van der Waals surface area (Å²) in [5.74, 6) is -0.856. The van der Waals surface area contributed by atoms with Gasteiger partial charge < -0.3 is 14.5 Å². The molecule has 1 N–H and O–H groups in total. The first-order valence-electron chi connectivity index (χ1n) is 9.25. The van der Waals surface area contributed by atoms with Crippen molar-refractivity contribution in [3.05, 3.63) is 53.9 Å². The molecule has 0 aliphatic heterocycles. The third-order valence-electron chi connectivity index (χ3n) is 4.72. The minimum atomic E-state index is -0.499. The molecule has 1 radical (unpaired) electrons. The van der Waals surface area contributed by atoms with Crippen LogP contribution in [0.15, 0.2) is 36.8 Å². The fraction of sp³-hybridized carbons (Fsp3) is 0.250. The van der Waals surface area contributed by atoms with Gasteiger partial charge in [0.2, 0.25) is 0 Å². The van der Waals surface area contributed by atoms with Crippen molar-refractivity contribution < 1.29 is 15.3 Å². The molecule has 0 saturated heterocycles. The second kappa shape index (κ2) is 7.67. The van der Waals surface area contributed by atoms with Gasteiger partial charge >= 0.3 is 0 Å². The van der Waals surface area contributed by atoms with Crippen molar-refractivity contribution in [3.63, 3.8) is 0 Å². The molecule has 0 atom stereocenters. The molecule has 0 fully saturated rings. The number of nitrogens with zero attached hydrogens (tertiary/aromatic N) is 4. The molecule has 9 heteroatoms. The van der Waals surface area contributed by atoms with Crippen LogP contribution in [0.3, 0.4) is 0 Å². The van der Waals surface area contributed by atoms with E-state index in [1.807, 2.05) is 26.4 Å². The van der Waals surface area contributed by atoms with E-state index in [-0.39, 0.29) is 13.0 Å². The fourth-order valence-corrected chi connectivity index (χ4v) is 3.35. The highest BCUT2D eigenvalue weighted by molar-refractivity contribution is 6.56. The molecule has 0 unspecified atom stereocenters. The van der Waals surface area contributed by atoms with Crippen molar-refractivity contribution in [2.75, 3.05) is 19.0 Å². The van der Waals surface area contributed by atoms with Crippen LogP contribution in [0.1, 0.15) is 17.5 Å². The highest BCUT2D eigenvalue weighted by atomic mass is 19.1. The van der Waals surface area contributed by atoms with Gasteiger partial charge in [0.25, 0.3) is 5.91 Å². The Morgan fingerprint density at radius 1 is 1.34 bits per heavy atom. The largest absolute Gasteiger partial charge is 0.383 e. The number of carbonyl (C=O) groups excluding carboxylic acids is 1. The zero-order chi connectivity index (χ0) is 20.5. The number of anilines is 1. The topological polar surface area (TPSA) is 73.5 Å². The lowest BCUT2D eigenvalue weighted by atomic mass is 9.71. The number of imidazole rings is 1. The minimum Gasteiger partial charge on any atom is -0.383 e. The Morgan fingerprint density at radius 3 is 2.93 bits per heavy atom. The predicted molar refractivity (Wildman–Crippen MR) is 113 cm³/mol. The van der Waals surface area contributed by atoms with Crippen LogP contribution in [0.2, 0.25) is 6.82 Å². The number of amides is 1. The quantitative estimate of drug-likeness (QED) is 0.511. The summed E-state index contributed by atoms with van der Waals surface area (Å²) >= 11 is 0. The summed E-state index contributed by atoms with van der Waals surface area (Å²) in [6, 6.07) is 4.88. The van der Waals surface area contributed by atoms with E-state index in [0.717, 1.165) is 10.8 Å². The molecule has 29 heavy (non-hydrogen) atoms. The van der Waals surface area contributed by atoms with E-state index in [1.165, 1.54) is 6.07 Å². The second-order valence-electron chi connectivity index (χ2n) is 6.78. The maximum atomic E-state index is 14.3. The number of benzene rings is 1. The number of hydrogen-bond acceptors (Lipinski definition) is 4. The van der Waals surface area contributed by atoms with Crippen LogP contribution in [-0.4, -0.2) is 46.1 Å². The first-order chi connectivity index (χ1) is 14.0. The molecule has 1 aromatic carbocycles. The number of ether oxygens (including phenoxy) is 1. The Bertz CT molecular complexity index is 1220. The Labute approximate surface area is 169 Å². The molecular formula is C20H22BFN5O2. The van der Waals surface area contributed by atoms with Gasteiger partial charge in [0.05, 0.1) is 30.1 Å². The molecule has 0 saturated carbocycles. The van der Waals surface area contributed by atoms with Crippen molar-refractivity contribution in [1.29, 1.82) is 0 Å². The van der Waals surface area contributed by atoms with E-state index in [0.29, 0.717) is 35.6 Å². The fourth-order valence-electron chi connectivity index (χ4n) is 3.35. The van der Waals surface area contributed by atoms with Crippen LogP contribution in [0.5, 0.6) is 0 Å². The normalized spacial score (nSPS) is 11.3. The molecule has 149 valence electrons. The summed E-state index contributed by atoms with van der Waals surface area (Å²) in [4.78, 5) is 17.1. The average Bonchev–Trinajstić information content (AvgIpc) is 3.28. The number of pyridine rings is 1. The maximum Gasteiger partial charge on any atom is 0.257 e. The zero-order valence-electron chi connectivity index (χ0n) is 16.4. The standard InChI is InChI=1S/C20H20BFN5O2.H2/c1-12-9-26-10-13(8-17(22)19(26)23-12)24-20(28)14-4-5-16(21-2)15-11-27(6-7-29-3)25-18(14)15;/h4-5,8-11H,6-7H2,1-3H3,(H,24,28);1H. The molecule has 0 aliphatic carbocycles. The Balaban J connectivity index is 0.00000256. The number of methoxy groups -OCH3 is 1. The number of aromatic nitrogens is 4. The lowest BCUT2D eigenvalue weighted by molar-refractivity contribution is 0.102. The average molecular weight is 394 g/mol. The van der Waals surface area contributed by atoms with Crippen molar-refractivity contribution in [1.82, 2.24) is 19.2 Å². The van der Waals surface area contributed by atoms with Crippen molar-refractivity contribution in [2.45, 2.75) is 20.3 Å². The molecule has 1 amide bonds. The number of aryl methyl sites for hydroxylation is 1. The van der Waals surface area contributed by atoms with E-state index in [4.69, 9.17) is 4.74 Å². The Morgan fingerprint density at radius 2 is 2.17 bits per heavy atom. The van der Waals surface area contributed by atoms with Gasteiger partial charge in [0.15, 0.2) is 11.5 Å². The van der Waals surface area contributed by atoms with E-state index in [9.17, 15) is 9.18 Å². The molecule has 7 nitrogen and oxygen atoms in total. The molecule has 3 heterocycles. The molecular weight excluding hydrogens is 372 g/mol. The Kier molecular flexibility index (Phi) is 5.06. The number of hydrogen-bond donors (Lipinski definition) is 1. The van der Waals surface area contributed by atoms with Crippen LogP contribution in [0.25, 0.3) is 16.6 Å². The van der Waals surface area contributed by atoms with E-state index < -0.39 is 5.82 Å². The molecule has 3 aromatic heterocycles. The van der Waals surface area contributed by atoms with Gasteiger partial charge in [-0.1, -0.05) is 18.4 Å². The second-order valence-corrected chi connectivity index (χ2v) is 6.78. The van der Waals surface area contributed by atoms with Gasteiger partial charge in [-0.3, -0.25) is 9.48 Å². The van der Waals surface area contributed by atoms with Crippen molar-refractivity contribution in [3.8, 4) is 0 Å². The Hall–Kier alpha value is -3.20. The van der Waals surface area contributed by atoms with E-state index in [1.54, 1.807) is 41.6 Å². The van der Waals surface area contributed by atoms with Crippen LogP contribution in [0, 0.1) is 12.7 Å². The number of rotatable bonds is 6.